The number of phenols is 1. The molecule has 100 valence electrons. The zero-order valence-corrected chi connectivity index (χ0v) is 11.4. The number of amides is 1. The van der Waals surface area contributed by atoms with E-state index in [-0.39, 0.29) is 24.1 Å². The normalized spacial score (nSPS) is 16.4. The van der Waals surface area contributed by atoms with Gasteiger partial charge < -0.3 is 16.2 Å². The highest BCUT2D eigenvalue weighted by Crippen LogP contribution is 2.32. The number of aromatic hydroxyl groups is 1. The van der Waals surface area contributed by atoms with E-state index in [9.17, 15) is 9.90 Å². The number of rotatable bonds is 2. The predicted molar refractivity (Wildman–Crippen MR) is 74.2 cm³/mol. The highest BCUT2D eigenvalue weighted by molar-refractivity contribution is 5.99. The second-order valence-corrected chi connectivity index (χ2v) is 4.87. The Morgan fingerprint density at radius 2 is 2.00 bits per heavy atom. The molecule has 0 radical (unpaired) electrons. The third-order valence-electron chi connectivity index (χ3n) is 3.58. The zero-order valence-electron chi connectivity index (χ0n) is 10.6. The van der Waals surface area contributed by atoms with Crippen LogP contribution in [-0.4, -0.2) is 16.6 Å². The van der Waals surface area contributed by atoms with E-state index in [1.54, 1.807) is 19.1 Å². The summed E-state index contributed by atoms with van der Waals surface area (Å²) in [5.41, 5.74) is 7.34. The van der Waals surface area contributed by atoms with Crippen LogP contribution < -0.4 is 11.1 Å². The van der Waals surface area contributed by atoms with Crippen molar-refractivity contribution in [1.29, 1.82) is 0 Å². The highest BCUT2D eigenvalue weighted by atomic mass is 35.5. The molecule has 0 bridgehead atoms. The van der Waals surface area contributed by atoms with Gasteiger partial charge in [-0.05, 0) is 44.7 Å². The van der Waals surface area contributed by atoms with Gasteiger partial charge in [-0.2, -0.15) is 0 Å². The first-order valence-corrected chi connectivity index (χ1v) is 5.83. The van der Waals surface area contributed by atoms with Crippen LogP contribution in [0.25, 0.3) is 0 Å². The second-order valence-electron chi connectivity index (χ2n) is 4.87. The van der Waals surface area contributed by atoms with Gasteiger partial charge in [-0.1, -0.05) is 6.07 Å². The van der Waals surface area contributed by atoms with Crippen LogP contribution in [0.1, 0.15) is 30.4 Å². The van der Waals surface area contributed by atoms with Gasteiger partial charge in [0.15, 0.2) is 0 Å². The van der Waals surface area contributed by atoms with Crippen molar-refractivity contribution in [2.75, 3.05) is 5.32 Å². The van der Waals surface area contributed by atoms with E-state index in [2.05, 4.69) is 5.32 Å². The molecule has 0 unspecified atom stereocenters. The van der Waals surface area contributed by atoms with Crippen LogP contribution in [0.4, 0.5) is 5.69 Å². The van der Waals surface area contributed by atoms with Crippen molar-refractivity contribution in [1.82, 2.24) is 0 Å². The molecule has 1 aliphatic rings. The average molecular weight is 271 g/mol. The molecule has 1 saturated carbocycles. The lowest BCUT2D eigenvalue weighted by Gasteiger charge is -2.36. The van der Waals surface area contributed by atoms with Crippen LogP contribution in [0.2, 0.25) is 0 Å². The van der Waals surface area contributed by atoms with E-state index in [0.29, 0.717) is 11.3 Å². The smallest absolute Gasteiger partial charge is 0.244 e. The van der Waals surface area contributed by atoms with E-state index in [0.717, 1.165) is 24.8 Å². The van der Waals surface area contributed by atoms with Crippen LogP contribution >= 0.6 is 12.4 Å². The third-order valence-corrected chi connectivity index (χ3v) is 3.58. The second kappa shape index (κ2) is 5.16. The van der Waals surface area contributed by atoms with Gasteiger partial charge in [0.2, 0.25) is 5.91 Å². The fourth-order valence-electron chi connectivity index (χ4n) is 2.00. The Morgan fingerprint density at radius 3 is 2.50 bits per heavy atom. The number of carbonyl (C=O) groups excluding carboxylic acids is 1. The molecule has 1 fully saturated rings. The lowest BCUT2D eigenvalue weighted by atomic mass is 9.77. The molecule has 0 atom stereocenters. The van der Waals surface area contributed by atoms with Gasteiger partial charge >= 0.3 is 0 Å². The molecule has 1 aromatic carbocycles. The molecule has 0 saturated heterocycles. The molecule has 1 amide bonds. The number of anilines is 1. The SMILES string of the molecule is Cc1ccc(NC(=O)C2(N)CCC2)c(C)c1O.Cl. The Labute approximate surface area is 113 Å². The third kappa shape index (κ3) is 2.44. The van der Waals surface area contributed by atoms with Crippen LogP contribution in [0, 0.1) is 13.8 Å². The number of carbonyl (C=O) groups is 1. The van der Waals surface area contributed by atoms with Crippen molar-refractivity contribution < 1.29 is 9.90 Å². The Hall–Kier alpha value is -1.26. The molecule has 1 aromatic rings. The lowest BCUT2D eigenvalue weighted by molar-refractivity contribution is -0.123. The molecule has 2 rings (SSSR count). The first-order chi connectivity index (χ1) is 7.94. The number of hydrogen-bond acceptors (Lipinski definition) is 3. The average Bonchev–Trinajstić information content (AvgIpc) is 2.26. The van der Waals surface area contributed by atoms with E-state index in [1.165, 1.54) is 0 Å². The lowest BCUT2D eigenvalue weighted by Crippen LogP contribution is -2.56. The Kier molecular flexibility index (Phi) is 4.24. The van der Waals surface area contributed by atoms with E-state index < -0.39 is 5.54 Å². The summed E-state index contributed by atoms with van der Waals surface area (Å²) in [5, 5.41) is 12.6. The van der Waals surface area contributed by atoms with Crippen molar-refractivity contribution in [3.8, 4) is 5.75 Å². The number of benzene rings is 1. The molecule has 0 aliphatic heterocycles. The fraction of sp³-hybridized carbons (Fsp3) is 0.462. The molecule has 1 aliphatic carbocycles. The molecule has 0 heterocycles. The number of hydrogen-bond donors (Lipinski definition) is 3. The summed E-state index contributed by atoms with van der Waals surface area (Å²) in [5.74, 6) is 0.0672. The first-order valence-electron chi connectivity index (χ1n) is 5.83. The number of phenolic OH excluding ortho intramolecular Hbond substituents is 1. The van der Waals surface area contributed by atoms with Crippen LogP contribution in [0.5, 0.6) is 5.75 Å². The predicted octanol–water partition coefficient (Wildman–Crippen LogP) is 2.25. The summed E-state index contributed by atoms with van der Waals surface area (Å²) in [7, 11) is 0. The maximum atomic E-state index is 11.9. The molecule has 0 aromatic heterocycles. The Morgan fingerprint density at radius 1 is 1.39 bits per heavy atom. The summed E-state index contributed by atoms with van der Waals surface area (Å²) in [6.45, 7) is 3.60. The number of aryl methyl sites for hydroxylation is 1. The zero-order chi connectivity index (χ0) is 12.6. The Bertz CT molecular complexity index is 470. The van der Waals surface area contributed by atoms with Gasteiger partial charge in [-0.25, -0.2) is 0 Å². The summed E-state index contributed by atoms with van der Waals surface area (Å²) < 4.78 is 0. The van der Waals surface area contributed by atoms with Gasteiger partial charge in [0.05, 0.1) is 5.54 Å². The first kappa shape index (κ1) is 14.8. The Balaban J connectivity index is 0.00000162. The van der Waals surface area contributed by atoms with Crippen molar-refractivity contribution in [3.05, 3.63) is 23.3 Å². The molecule has 18 heavy (non-hydrogen) atoms. The minimum Gasteiger partial charge on any atom is -0.507 e. The molecule has 5 heteroatoms. The largest absolute Gasteiger partial charge is 0.507 e. The topological polar surface area (TPSA) is 75.4 Å². The molecule has 4 nitrogen and oxygen atoms in total. The monoisotopic (exact) mass is 270 g/mol. The molecular formula is C13H19ClN2O2. The van der Waals surface area contributed by atoms with Crippen molar-refractivity contribution in [2.45, 2.75) is 38.6 Å². The maximum Gasteiger partial charge on any atom is 0.244 e. The summed E-state index contributed by atoms with van der Waals surface area (Å²) in [4.78, 5) is 11.9. The quantitative estimate of drug-likeness (QED) is 0.772. The maximum absolute atomic E-state index is 11.9. The van der Waals surface area contributed by atoms with Gasteiger partial charge in [0, 0.05) is 11.3 Å². The van der Waals surface area contributed by atoms with Gasteiger partial charge in [0.25, 0.3) is 0 Å². The molecule has 4 N–H and O–H groups in total. The van der Waals surface area contributed by atoms with Gasteiger partial charge in [0.1, 0.15) is 5.75 Å². The van der Waals surface area contributed by atoms with E-state index in [4.69, 9.17) is 5.73 Å². The van der Waals surface area contributed by atoms with Gasteiger partial charge in [-0.3, -0.25) is 4.79 Å². The van der Waals surface area contributed by atoms with Crippen LogP contribution in [-0.2, 0) is 4.79 Å². The number of nitrogens with one attached hydrogen (secondary N) is 1. The molecular weight excluding hydrogens is 252 g/mol. The van der Waals surface area contributed by atoms with Gasteiger partial charge in [-0.15, -0.1) is 12.4 Å². The minimum absolute atomic E-state index is 0. The standard InChI is InChI=1S/C13H18N2O2.ClH/c1-8-4-5-10(9(2)11(8)16)15-12(17)13(14)6-3-7-13;/h4-5,16H,3,6-7,14H2,1-2H3,(H,15,17);1H. The minimum atomic E-state index is -0.715. The summed E-state index contributed by atoms with van der Waals surface area (Å²) in [6.07, 6.45) is 2.47. The summed E-state index contributed by atoms with van der Waals surface area (Å²) >= 11 is 0. The number of halogens is 1. The molecule has 0 spiro atoms. The van der Waals surface area contributed by atoms with Crippen molar-refractivity contribution >= 4 is 24.0 Å². The summed E-state index contributed by atoms with van der Waals surface area (Å²) in [6, 6.07) is 3.58. The fourth-order valence-corrected chi connectivity index (χ4v) is 2.00. The highest BCUT2D eigenvalue weighted by Gasteiger charge is 2.40. The van der Waals surface area contributed by atoms with E-state index >= 15 is 0 Å². The number of nitrogens with two attached hydrogens (primary N) is 1. The van der Waals surface area contributed by atoms with Crippen molar-refractivity contribution in [2.24, 2.45) is 5.73 Å². The van der Waals surface area contributed by atoms with Crippen molar-refractivity contribution in [3.63, 3.8) is 0 Å². The van der Waals surface area contributed by atoms with Crippen LogP contribution in [0.3, 0.4) is 0 Å². The van der Waals surface area contributed by atoms with Crippen LogP contribution in [0.15, 0.2) is 12.1 Å². The van der Waals surface area contributed by atoms with E-state index in [1.807, 2.05) is 6.92 Å².